The minimum Gasteiger partial charge on any atom is -0.299 e. The Morgan fingerprint density at radius 1 is 0.815 bits per heavy atom. The summed E-state index contributed by atoms with van der Waals surface area (Å²) in [4.78, 5) is 7.12. The van der Waals surface area contributed by atoms with Gasteiger partial charge in [-0.25, -0.2) is 0 Å². The average molecular weight is 354 g/mol. The van der Waals surface area contributed by atoms with E-state index < -0.39 is 0 Å². The van der Waals surface area contributed by atoms with E-state index in [1.807, 2.05) is 6.20 Å². The molecule has 2 heterocycles. The third kappa shape index (κ3) is 4.72. The van der Waals surface area contributed by atoms with Crippen LogP contribution in [0.5, 0.6) is 0 Å². The Morgan fingerprint density at radius 2 is 1.56 bits per heavy atom. The highest BCUT2D eigenvalue weighted by Crippen LogP contribution is 2.22. The molecular formula is C25H26N2. The summed E-state index contributed by atoms with van der Waals surface area (Å²) in [6, 6.07) is 25.6. The van der Waals surface area contributed by atoms with E-state index in [-0.39, 0.29) is 0 Å². The van der Waals surface area contributed by atoms with Crippen molar-refractivity contribution in [3.05, 3.63) is 96.3 Å². The van der Waals surface area contributed by atoms with Crippen molar-refractivity contribution in [2.45, 2.75) is 19.3 Å². The van der Waals surface area contributed by atoms with Crippen LogP contribution in [-0.4, -0.2) is 29.5 Å². The number of hydrogen-bond donors (Lipinski definition) is 0. The molecule has 2 heteroatoms. The molecule has 0 bridgehead atoms. The highest BCUT2D eigenvalue weighted by atomic mass is 15.1. The van der Waals surface area contributed by atoms with Crippen molar-refractivity contribution in [3.8, 4) is 11.1 Å². The third-order valence-electron chi connectivity index (χ3n) is 5.27. The van der Waals surface area contributed by atoms with E-state index in [2.05, 4.69) is 88.8 Å². The van der Waals surface area contributed by atoms with E-state index in [0.29, 0.717) is 0 Å². The standard InChI is InChI=1S/C25H26N2/c1-3-8-21(9-4-1)23-14-18-27(19-15-23)17-7-12-25-20-24(13-16-26-25)22-10-5-2-6-11-22/h1-6,8-11,13-14,16,20H,7,12,15,17-19H2. The maximum absolute atomic E-state index is 4.57. The summed E-state index contributed by atoms with van der Waals surface area (Å²) >= 11 is 0. The van der Waals surface area contributed by atoms with Crippen molar-refractivity contribution in [2.24, 2.45) is 0 Å². The number of aromatic nitrogens is 1. The van der Waals surface area contributed by atoms with Crippen LogP contribution in [0, 0.1) is 0 Å². The Bertz CT molecular complexity index is 884. The van der Waals surface area contributed by atoms with Gasteiger partial charge < -0.3 is 0 Å². The highest BCUT2D eigenvalue weighted by molar-refractivity contribution is 5.66. The Morgan fingerprint density at radius 3 is 2.26 bits per heavy atom. The van der Waals surface area contributed by atoms with Crippen molar-refractivity contribution in [1.29, 1.82) is 0 Å². The molecular weight excluding hydrogens is 328 g/mol. The van der Waals surface area contributed by atoms with Crippen LogP contribution in [-0.2, 0) is 6.42 Å². The normalized spacial score (nSPS) is 14.7. The minimum atomic E-state index is 1.03. The van der Waals surface area contributed by atoms with Crippen LogP contribution in [0.25, 0.3) is 16.7 Å². The van der Waals surface area contributed by atoms with E-state index in [1.54, 1.807) is 0 Å². The molecule has 0 atom stereocenters. The van der Waals surface area contributed by atoms with Crippen LogP contribution in [0.3, 0.4) is 0 Å². The molecule has 0 amide bonds. The molecule has 4 rings (SSSR count). The number of nitrogens with zero attached hydrogens (tertiary/aromatic N) is 2. The molecule has 1 aliphatic rings. The zero-order chi connectivity index (χ0) is 18.3. The molecule has 0 fully saturated rings. The summed E-state index contributed by atoms with van der Waals surface area (Å²) < 4.78 is 0. The first-order chi connectivity index (χ1) is 13.4. The second kappa shape index (κ2) is 8.79. The lowest BCUT2D eigenvalue weighted by molar-refractivity contribution is 0.297. The molecule has 0 radical (unpaired) electrons. The smallest absolute Gasteiger partial charge is 0.0410 e. The molecule has 2 aromatic carbocycles. The lowest BCUT2D eigenvalue weighted by atomic mass is 9.99. The lowest BCUT2D eigenvalue weighted by Crippen LogP contribution is -2.29. The van der Waals surface area contributed by atoms with Crippen molar-refractivity contribution in [3.63, 3.8) is 0 Å². The Hall–Kier alpha value is -2.71. The SMILES string of the molecule is C1=C(c2ccccc2)CCN(CCCc2cc(-c3ccccc3)ccn2)C1. The largest absolute Gasteiger partial charge is 0.299 e. The summed E-state index contributed by atoms with van der Waals surface area (Å²) in [6.45, 7) is 3.34. The number of hydrogen-bond acceptors (Lipinski definition) is 2. The molecule has 1 aliphatic heterocycles. The van der Waals surface area contributed by atoms with E-state index in [9.17, 15) is 0 Å². The summed E-state index contributed by atoms with van der Waals surface area (Å²) in [5.74, 6) is 0. The summed E-state index contributed by atoms with van der Waals surface area (Å²) in [5.41, 5.74) is 6.57. The fourth-order valence-corrected chi connectivity index (χ4v) is 3.74. The van der Waals surface area contributed by atoms with Gasteiger partial charge in [-0.2, -0.15) is 0 Å². The number of aryl methyl sites for hydroxylation is 1. The molecule has 0 saturated carbocycles. The number of pyridine rings is 1. The first-order valence-corrected chi connectivity index (χ1v) is 9.86. The van der Waals surface area contributed by atoms with Gasteiger partial charge in [-0.05, 0) is 60.2 Å². The van der Waals surface area contributed by atoms with E-state index in [1.165, 1.54) is 28.0 Å². The molecule has 0 unspecified atom stereocenters. The Kier molecular flexibility index (Phi) is 5.76. The summed E-state index contributed by atoms with van der Waals surface area (Å²) in [7, 11) is 0. The van der Waals surface area contributed by atoms with Gasteiger partial charge in [0.1, 0.15) is 0 Å². The molecule has 27 heavy (non-hydrogen) atoms. The van der Waals surface area contributed by atoms with Gasteiger partial charge in [0.2, 0.25) is 0 Å². The van der Waals surface area contributed by atoms with Crippen molar-refractivity contribution >= 4 is 5.57 Å². The maximum atomic E-state index is 4.57. The van der Waals surface area contributed by atoms with Gasteiger partial charge in [0, 0.05) is 25.0 Å². The van der Waals surface area contributed by atoms with Crippen molar-refractivity contribution < 1.29 is 0 Å². The molecule has 0 aliphatic carbocycles. The van der Waals surface area contributed by atoms with E-state index in [4.69, 9.17) is 0 Å². The fourth-order valence-electron chi connectivity index (χ4n) is 3.74. The fraction of sp³-hybridized carbons (Fsp3) is 0.240. The molecule has 0 spiro atoms. The minimum absolute atomic E-state index is 1.03. The first-order valence-electron chi connectivity index (χ1n) is 9.86. The van der Waals surface area contributed by atoms with E-state index >= 15 is 0 Å². The molecule has 2 nitrogen and oxygen atoms in total. The van der Waals surface area contributed by atoms with Gasteiger partial charge in [0.15, 0.2) is 0 Å². The molecule has 136 valence electrons. The second-order valence-corrected chi connectivity index (χ2v) is 7.15. The predicted molar refractivity (Wildman–Crippen MR) is 113 cm³/mol. The topological polar surface area (TPSA) is 16.1 Å². The van der Waals surface area contributed by atoms with Gasteiger partial charge in [-0.1, -0.05) is 66.7 Å². The van der Waals surface area contributed by atoms with Crippen molar-refractivity contribution in [2.75, 3.05) is 19.6 Å². The van der Waals surface area contributed by atoms with Crippen LogP contribution >= 0.6 is 0 Å². The Labute approximate surface area is 162 Å². The van der Waals surface area contributed by atoms with Crippen LogP contribution in [0.2, 0.25) is 0 Å². The highest BCUT2D eigenvalue weighted by Gasteiger charge is 2.12. The zero-order valence-electron chi connectivity index (χ0n) is 15.7. The van der Waals surface area contributed by atoms with Gasteiger partial charge in [0.25, 0.3) is 0 Å². The first kappa shape index (κ1) is 17.7. The quantitative estimate of drug-likeness (QED) is 0.583. The molecule has 3 aromatic rings. The predicted octanol–water partition coefficient (Wildman–Crippen LogP) is 5.47. The van der Waals surface area contributed by atoms with Crippen LogP contribution in [0.4, 0.5) is 0 Å². The third-order valence-corrected chi connectivity index (χ3v) is 5.27. The van der Waals surface area contributed by atoms with Gasteiger partial charge in [-0.15, -0.1) is 0 Å². The van der Waals surface area contributed by atoms with Crippen LogP contribution in [0.1, 0.15) is 24.1 Å². The zero-order valence-corrected chi connectivity index (χ0v) is 15.7. The number of benzene rings is 2. The monoisotopic (exact) mass is 354 g/mol. The molecule has 1 aromatic heterocycles. The average Bonchev–Trinajstić information content (AvgIpc) is 2.76. The van der Waals surface area contributed by atoms with Crippen LogP contribution < -0.4 is 0 Å². The van der Waals surface area contributed by atoms with E-state index in [0.717, 1.165) is 38.9 Å². The summed E-state index contributed by atoms with van der Waals surface area (Å²) in [6.07, 6.45) is 7.67. The van der Waals surface area contributed by atoms with Gasteiger partial charge >= 0.3 is 0 Å². The maximum Gasteiger partial charge on any atom is 0.0410 e. The second-order valence-electron chi connectivity index (χ2n) is 7.15. The van der Waals surface area contributed by atoms with Gasteiger partial charge in [0.05, 0.1) is 0 Å². The van der Waals surface area contributed by atoms with Crippen LogP contribution in [0.15, 0.2) is 85.1 Å². The molecule has 0 N–H and O–H groups in total. The summed E-state index contributed by atoms with van der Waals surface area (Å²) in [5, 5.41) is 0. The lowest BCUT2D eigenvalue weighted by Gasteiger charge is -2.26. The number of rotatable bonds is 6. The van der Waals surface area contributed by atoms with Crippen molar-refractivity contribution in [1.82, 2.24) is 9.88 Å². The molecule has 0 saturated heterocycles. The van der Waals surface area contributed by atoms with Gasteiger partial charge in [-0.3, -0.25) is 9.88 Å². The Balaban J connectivity index is 1.29.